The number of carbonyl (C=O) groups excluding carboxylic acids is 1. The van der Waals surface area contributed by atoms with Crippen molar-refractivity contribution >= 4 is 5.91 Å². The van der Waals surface area contributed by atoms with E-state index in [2.05, 4.69) is 0 Å². The fraction of sp³-hybridized carbons (Fsp3) is 0.0769. The van der Waals surface area contributed by atoms with E-state index in [1.54, 1.807) is 10.8 Å². The minimum atomic E-state index is 0.00806. The summed E-state index contributed by atoms with van der Waals surface area (Å²) in [6.45, 7) is 1.92. The van der Waals surface area contributed by atoms with Gasteiger partial charge in [0, 0.05) is 19.1 Å². The summed E-state index contributed by atoms with van der Waals surface area (Å²) in [4.78, 5) is 12.0. The predicted octanol–water partition coefficient (Wildman–Crippen LogP) is 1.97. The van der Waals surface area contributed by atoms with Crippen molar-refractivity contribution in [2.24, 2.45) is 0 Å². The van der Waals surface area contributed by atoms with Gasteiger partial charge in [-0.1, -0.05) is 24.3 Å². The van der Waals surface area contributed by atoms with Crippen LogP contribution in [0, 0.1) is 6.92 Å². The highest BCUT2D eigenvalue weighted by Gasteiger charge is 2.18. The monoisotopic (exact) mass is 198 g/mol. The molecule has 2 heteroatoms. The Kier molecular flexibility index (Phi) is 2.59. The maximum atomic E-state index is 12.0. The first-order valence-corrected chi connectivity index (χ1v) is 4.86. The molecule has 0 unspecified atom stereocenters. The van der Waals surface area contributed by atoms with Crippen LogP contribution in [0.4, 0.5) is 0 Å². The highest BCUT2D eigenvalue weighted by Crippen LogP contribution is 1.99. The van der Waals surface area contributed by atoms with E-state index >= 15 is 0 Å². The van der Waals surface area contributed by atoms with Gasteiger partial charge in [-0.2, -0.15) is 0 Å². The molecule has 0 spiro atoms. The molecule has 0 fully saturated rings. The third-order valence-corrected chi connectivity index (χ3v) is 2.30. The Hall–Kier alpha value is -1.96. The van der Waals surface area contributed by atoms with Crippen LogP contribution in [0.2, 0.25) is 0 Å². The van der Waals surface area contributed by atoms with Crippen molar-refractivity contribution < 1.29 is 9.36 Å². The second-order valence-corrected chi connectivity index (χ2v) is 3.38. The maximum absolute atomic E-state index is 12.0. The van der Waals surface area contributed by atoms with E-state index in [-0.39, 0.29) is 5.91 Å². The molecule has 0 N–H and O–H groups in total. The molecule has 1 heterocycles. The molecule has 0 aliphatic carbocycles. The van der Waals surface area contributed by atoms with Gasteiger partial charge in [0.25, 0.3) is 0 Å². The summed E-state index contributed by atoms with van der Waals surface area (Å²) < 4.78 is 1.65. The van der Waals surface area contributed by atoms with Gasteiger partial charge in [-0.05, 0) is 12.1 Å². The highest BCUT2D eigenvalue weighted by atomic mass is 16.2. The SMILES string of the molecule is Cc1cccc[n+]1C(=O)c1ccccc1. The van der Waals surface area contributed by atoms with Gasteiger partial charge in [-0.3, -0.25) is 0 Å². The van der Waals surface area contributed by atoms with Gasteiger partial charge in [-0.15, -0.1) is 4.57 Å². The zero-order chi connectivity index (χ0) is 10.7. The van der Waals surface area contributed by atoms with Crippen molar-refractivity contribution in [2.45, 2.75) is 6.92 Å². The minimum Gasteiger partial charge on any atom is -0.214 e. The number of aromatic nitrogens is 1. The largest absolute Gasteiger partial charge is 0.424 e. The Morgan fingerprint density at radius 3 is 2.33 bits per heavy atom. The van der Waals surface area contributed by atoms with Gasteiger partial charge >= 0.3 is 5.91 Å². The molecular weight excluding hydrogens is 186 g/mol. The lowest BCUT2D eigenvalue weighted by Gasteiger charge is -1.97. The zero-order valence-corrected chi connectivity index (χ0v) is 8.55. The molecule has 0 atom stereocenters. The second-order valence-electron chi connectivity index (χ2n) is 3.38. The van der Waals surface area contributed by atoms with Crippen LogP contribution in [0.1, 0.15) is 16.1 Å². The van der Waals surface area contributed by atoms with Crippen molar-refractivity contribution in [2.75, 3.05) is 0 Å². The van der Waals surface area contributed by atoms with Crippen molar-refractivity contribution in [1.29, 1.82) is 0 Å². The van der Waals surface area contributed by atoms with Crippen molar-refractivity contribution in [3.05, 3.63) is 66.0 Å². The van der Waals surface area contributed by atoms with Crippen LogP contribution in [-0.2, 0) is 0 Å². The topological polar surface area (TPSA) is 20.9 Å². The van der Waals surface area contributed by atoms with Crippen molar-refractivity contribution in [1.82, 2.24) is 0 Å². The first kappa shape index (κ1) is 9.59. The Balaban J connectivity index is 2.42. The molecule has 0 aliphatic rings. The molecule has 1 aromatic heterocycles. The van der Waals surface area contributed by atoms with Crippen LogP contribution in [0.15, 0.2) is 54.7 Å². The summed E-state index contributed by atoms with van der Waals surface area (Å²) in [5.41, 5.74) is 1.64. The normalized spacial score (nSPS) is 9.93. The van der Waals surface area contributed by atoms with E-state index in [1.807, 2.05) is 55.5 Å². The summed E-state index contributed by atoms with van der Waals surface area (Å²) in [6.07, 6.45) is 1.78. The van der Waals surface area contributed by atoms with E-state index in [0.29, 0.717) is 5.56 Å². The lowest BCUT2D eigenvalue weighted by Crippen LogP contribution is -2.45. The number of nitrogens with zero attached hydrogens (tertiary/aromatic N) is 1. The lowest BCUT2D eigenvalue weighted by molar-refractivity contribution is -0.577. The first-order valence-electron chi connectivity index (χ1n) is 4.86. The molecule has 0 saturated carbocycles. The van der Waals surface area contributed by atoms with Gasteiger partial charge in [0.15, 0.2) is 11.9 Å². The fourth-order valence-corrected chi connectivity index (χ4v) is 1.48. The van der Waals surface area contributed by atoms with E-state index in [4.69, 9.17) is 0 Å². The molecular formula is C13H12NO+. The molecule has 0 saturated heterocycles. The molecule has 0 radical (unpaired) electrons. The number of hydrogen-bond donors (Lipinski definition) is 0. The molecule has 2 rings (SSSR count). The summed E-state index contributed by atoms with van der Waals surface area (Å²) in [7, 11) is 0. The fourth-order valence-electron chi connectivity index (χ4n) is 1.48. The second kappa shape index (κ2) is 4.05. The number of aryl methyl sites for hydroxylation is 1. The zero-order valence-electron chi connectivity index (χ0n) is 8.55. The van der Waals surface area contributed by atoms with Crippen LogP contribution in [-0.4, -0.2) is 5.91 Å². The molecule has 15 heavy (non-hydrogen) atoms. The first-order chi connectivity index (χ1) is 7.29. The Morgan fingerprint density at radius 1 is 1.00 bits per heavy atom. The summed E-state index contributed by atoms with van der Waals surface area (Å²) in [5.74, 6) is 0.00806. The molecule has 0 aliphatic heterocycles. The molecule has 2 aromatic rings. The van der Waals surface area contributed by atoms with Crippen LogP contribution in [0.3, 0.4) is 0 Å². The third kappa shape index (κ3) is 1.94. The van der Waals surface area contributed by atoms with Crippen LogP contribution in [0.5, 0.6) is 0 Å². The van der Waals surface area contributed by atoms with Crippen LogP contribution < -0.4 is 4.57 Å². The molecule has 0 amide bonds. The smallest absolute Gasteiger partial charge is 0.214 e. The summed E-state index contributed by atoms with van der Waals surface area (Å²) in [6, 6.07) is 15.0. The van der Waals surface area contributed by atoms with Crippen molar-refractivity contribution in [3.8, 4) is 0 Å². The number of rotatable bonds is 1. The number of hydrogen-bond acceptors (Lipinski definition) is 1. The highest BCUT2D eigenvalue weighted by molar-refractivity contribution is 5.87. The third-order valence-electron chi connectivity index (χ3n) is 2.30. The molecule has 2 nitrogen and oxygen atoms in total. The molecule has 1 aromatic carbocycles. The quantitative estimate of drug-likeness (QED) is 0.642. The lowest BCUT2D eigenvalue weighted by atomic mass is 10.2. The van der Waals surface area contributed by atoms with Gasteiger partial charge in [0.1, 0.15) is 0 Å². The average Bonchev–Trinajstić information content (AvgIpc) is 2.30. The molecule has 0 bridgehead atoms. The predicted molar refractivity (Wildman–Crippen MR) is 57.5 cm³/mol. The minimum absolute atomic E-state index is 0.00806. The van der Waals surface area contributed by atoms with Gasteiger partial charge in [0.05, 0.1) is 5.56 Å². The van der Waals surface area contributed by atoms with Crippen LogP contribution in [0.25, 0.3) is 0 Å². The number of pyridine rings is 1. The Labute approximate surface area is 88.8 Å². The summed E-state index contributed by atoms with van der Waals surface area (Å²) in [5, 5.41) is 0. The number of carbonyl (C=O) groups is 1. The van der Waals surface area contributed by atoms with E-state index in [0.717, 1.165) is 5.69 Å². The Morgan fingerprint density at radius 2 is 1.67 bits per heavy atom. The number of benzene rings is 1. The molecule has 74 valence electrons. The average molecular weight is 198 g/mol. The van der Waals surface area contributed by atoms with E-state index in [1.165, 1.54) is 0 Å². The van der Waals surface area contributed by atoms with Crippen molar-refractivity contribution in [3.63, 3.8) is 0 Å². The van der Waals surface area contributed by atoms with Gasteiger partial charge < -0.3 is 0 Å². The standard InChI is InChI=1S/C13H12NO/c1-11-7-5-6-10-14(11)13(15)12-8-3-2-4-9-12/h2-10H,1H3/q+1. The van der Waals surface area contributed by atoms with E-state index in [9.17, 15) is 4.79 Å². The van der Waals surface area contributed by atoms with Gasteiger partial charge in [-0.25, -0.2) is 4.79 Å². The van der Waals surface area contributed by atoms with Crippen LogP contribution >= 0.6 is 0 Å². The van der Waals surface area contributed by atoms with Gasteiger partial charge in [0.2, 0.25) is 0 Å². The summed E-state index contributed by atoms with van der Waals surface area (Å²) >= 11 is 0. The Bertz CT molecular complexity index is 477. The van der Waals surface area contributed by atoms with E-state index < -0.39 is 0 Å². The maximum Gasteiger partial charge on any atom is 0.424 e.